The van der Waals surface area contributed by atoms with Crippen LogP contribution in [0.5, 0.6) is 0 Å². The third kappa shape index (κ3) is 2.77. The van der Waals surface area contributed by atoms with Gasteiger partial charge < -0.3 is 9.14 Å². The van der Waals surface area contributed by atoms with Crippen molar-refractivity contribution in [3.05, 3.63) is 57.8 Å². The standard InChI is InChI=1S/C14H10ClFN2O2S/c1-18-12-5-3-9(7-13(12)20-14(18)19)21-17-8-2-4-11(16)10(15)6-8/h2-7,17H,1H3. The largest absolute Gasteiger partial charge is 0.419 e. The minimum Gasteiger partial charge on any atom is -0.408 e. The summed E-state index contributed by atoms with van der Waals surface area (Å²) in [4.78, 5) is 12.3. The molecular formula is C14H10ClFN2O2S. The first kappa shape index (κ1) is 14.0. The van der Waals surface area contributed by atoms with Gasteiger partial charge in [0.1, 0.15) is 5.82 Å². The van der Waals surface area contributed by atoms with Gasteiger partial charge in [-0.2, -0.15) is 0 Å². The van der Waals surface area contributed by atoms with E-state index in [1.54, 1.807) is 19.2 Å². The SMILES string of the molecule is Cn1c(=O)oc2cc(SNc3ccc(F)c(Cl)c3)ccc21. The van der Waals surface area contributed by atoms with Crippen molar-refractivity contribution in [3.63, 3.8) is 0 Å². The van der Waals surface area contributed by atoms with Crippen LogP contribution in [0.2, 0.25) is 5.02 Å². The van der Waals surface area contributed by atoms with Crippen molar-refractivity contribution in [1.29, 1.82) is 0 Å². The van der Waals surface area contributed by atoms with Gasteiger partial charge in [-0.25, -0.2) is 9.18 Å². The summed E-state index contributed by atoms with van der Waals surface area (Å²) in [5.74, 6) is -0.856. The second kappa shape index (κ2) is 5.46. The number of anilines is 1. The average molecular weight is 325 g/mol. The topological polar surface area (TPSA) is 47.2 Å². The van der Waals surface area contributed by atoms with Crippen LogP contribution in [0.3, 0.4) is 0 Å². The van der Waals surface area contributed by atoms with Gasteiger partial charge in [0, 0.05) is 17.6 Å². The Kier molecular flexibility index (Phi) is 3.65. The van der Waals surface area contributed by atoms with E-state index in [2.05, 4.69) is 4.72 Å². The summed E-state index contributed by atoms with van der Waals surface area (Å²) >= 11 is 7.03. The fourth-order valence-electron chi connectivity index (χ4n) is 1.86. The van der Waals surface area contributed by atoms with Crippen LogP contribution in [0.15, 0.2) is 50.5 Å². The predicted octanol–water partition coefficient (Wildman–Crippen LogP) is 4.04. The van der Waals surface area contributed by atoms with Crippen molar-refractivity contribution in [3.8, 4) is 0 Å². The lowest BCUT2D eigenvalue weighted by Crippen LogP contribution is -2.08. The summed E-state index contributed by atoms with van der Waals surface area (Å²) < 4.78 is 22.7. The Balaban J connectivity index is 1.81. The molecule has 0 aliphatic rings. The number of halogens is 2. The van der Waals surface area contributed by atoms with E-state index >= 15 is 0 Å². The quantitative estimate of drug-likeness (QED) is 0.739. The molecule has 21 heavy (non-hydrogen) atoms. The molecule has 0 fully saturated rings. The van der Waals surface area contributed by atoms with Crippen LogP contribution in [0.25, 0.3) is 11.1 Å². The van der Waals surface area contributed by atoms with E-state index < -0.39 is 11.6 Å². The molecule has 0 amide bonds. The maximum atomic E-state index is 13.1. The molecule has 0 saturated carbocycles. The molecule has 0 radical (unpaired) electrons. The van der Waals surface area contributed by atoms with Crippen LogP contribution >= 0.6 is 23.5 Å². The fraction of sp³-hybridized carbons (Fsp3) is 0.0714. The number of oxazole rings is 1. The number of nitrogens with zero attached hydrogens (tertiary/aromatic N) is 1. The first-order valence-corrected chi connectivity index (χ1v) is 7.21. The van der Waals surface area contributed by atoms with Crippen LogP contribution in [0, 0.1) is 5.82 Å². The first-order valence-electron chi connectivity index (χ1n) is 6.02. The molecular weight excluding hydrogens is 315 g/mol. The van der Waals surface area contributed by atoms with Gasteiger partial charge in [-0.1, -0.05) is 11.6 Å². The van der Waals surface area contributed by atoms with Gasteiger partial charge in [0.25, 0.3) is 0 Å². The predicted molar refractivity (Wildman–Crippen MR) is 82.3 cm³/mol. The minimum absolute atomic E-state index is 0.0603. The molecule has 0 spiro atoms. The molecule has 0 saturated heterocycles. The summed E-state index contributed by atoms with van der Waals surface area (Å²) in [6.07, 6.45) is 0. The highest BCUT2D eigenvalue weighted by Crippen LogP contribution is 2.26. The summed E-state index contributed by atoms with van der Waals surface area (Å²) in [6.45, 7) is 0. The van der Waals surface area contributed by atoms with Crippen molar-refractivity contribution in [2.24, 2.45) is 7.05 Å². The molecule has 1 heterocycles. The number of aromatic nitrogens is 1. The molecule has 0 aliphatic carbocycles. The minimum atomic E-state index is -0.459. The summed E-state index contributed by atoms with van der Waals surface area (Å²) in [5, 5.41) is 0.0603. The van der Waals surface area contributed by atoms with E-state index in [9.17, 15) is 9.18 Å². The number of fused-ring (bicyclic) bond motifs is 1. The lowest BCUT2D eigenvalue weighted by Gasteiger charge is -2.06. The van der Waals surface area contributed by atoms with E-state index in [4.69, 9.17) is 16.0 Å². The number of hydrogen-bond donors (Lipinski definition) is 1. The third-order valence-electron chi connectivity index (χ3n) is 2.97. The smallest absolute Gasteiger partial charge is 0.408 e. The molecule has 108 valence electrons. The van der Waals surface area contributed by atoms with Crippen molar-refractivity contribution in [2.75, 3.05) is 4.72 Å². The lowest BCUT2D eigenvalue weighted by molar-refractivity contribution is 0.527. The zero-order chi connectivity index (χ0) is 15.0. The fourth-order valence-corrected chi connectivity index (χ4v) is 2.70. The highest BCUT2D eigenvalue weighted by atomic mass is 35.5. The van der Waals surface area contributed by atoms with Gasteiger partial charge in [-0.05, 0) is 48.3 Å². The van der Waals surface area contributed by atoms with Gasteiger partial charge in [-0.3, -0.25) is 4.57 Å². The number of nitrogens with one attached hydrogen (secondary N) is 1. The zero-order valence-corrected chi connectivity index (χ0v) is 12.5. The summed E-state index contributed by atoms with van der Waals surface area (Å²) in [5.41, 5.74) is 1.93. The number of hydrogen-bond acceptors (Lipinski definition) is 4. The maximum Gasteiger partial charge on any atom is 0.419 e. The molecule has 1 N–H and O–H groups in total. The summed E-state index contributed by atoms with van der Waals surface area (Å²) in [7, 11) is 1.65. The summed E-state index contributed by atoms with van der Waals surface area (Å²) in [6, 6.07) is 9.83. The van der Waals surface area contributed by atoms with Crippen molar-refractivity contribution in [2.45, 2.75) is 4.90 Å². The number of benzene rings is 2. The Morgan fingerprint density at radius 2 is 2.10 bits per heavy atom. The van der Waals surface area contributed by atoms with Crippen molar-refractivity contribution in [1.82, 2.24) is 4.57 Å². The van der Waals surface area contributed by atoms with E-state index in [0.717, 1.165) is 10.4 Å². The molecule has 0 atom stereocenters. The normalized spacial score (nSPS) is 11.0. The molecule has 0 unspecified atom stereocenters. The molecule has 3 aromatic rings. The Labute approximate surface area is 128 Å². The third-order valence-corrected chi connectivity index (χ3v) is 4.09. The second-order valence-corrected chi connectivity index (χ2v) is 5.68. The first-order chi connectivity index (χ1) is 10.0. The van der Waals surface area contributed by atoms with Gasteiger partial charge >= 0.3 is 5.76 Å². The monoisotopic (exact) mass is 324 g/mol. The van der Waals surface area contributed by atoms with Crippen molar-refractivity contribution < 1.29 is 8.81 Å². The molecule has 0 bridgehead atoms. The molecule has 4 nitrogen and oxygen atoms in total. The van der Waals surface area contributed by atoms with Crippen LogP contribution in [-0.2, 0) is 7.05 Å². The van der Waals surface area contributed by atoms with Crippen LogP contribution in [0.4, 0.5) is 10.1 Å². The number of aryl methyl sites for hydroxylation is 1. The Hall–Kier alpha value is -1.92. The van der Waals surface area contributed by atoms with Crippen LogP contribution in [0.1, 0.15) is 0 Å². The van der Waals surface area contributed by atoms with Crippen molar-refractivity contribution >= 4 is 40.3 Å². The maximum absolute atomic E-state index is 13.1. The Bertz CT molecular complexity index is 875. The van der Waals surface area contributed by atoms with E-state index in [-0.39, 0.29) is 5.02 Å². The second-order valence-electron chi connectivity index (χ2n) is 4.39. The highest BCUT2D eigenvalue weighted by molar-refractivity contribution is 8.00. The van der Waals surface area contributed by atoms with Gasteiger partial charge in [0.2, 0.25) is 0 Å². The van der Waals surface area contributed by atoms with Gasteiger partial charge in [-0.15, -0.1) is 0 Å². The van der Waals surface area contributed by atoms with Crippen LogP contribution < -0.4 is 10.5 Å². The molecule has 0 aliphatic heterocycles. The van der Waals surface area contributed by atoms with Crippen LogP contribution in [-0.4, -0.2) is 4.57 Å². The van der Waals surface area contributed by atoms with E-state index in [1.165, 1.54) is 28.6 Å². The molecule has 3 rings (SSSR count). The Morgan fingerprint density at radius 3 is 2.86 bits per heavy atom. The van der Waals surface area contributed by atoms with Gasteiger partial charge in [0.15, 0.2) is 5.58 Å². The molecule has 2 aromatic carbocycles. The number of rotatable bonds is 3. The van der Waals surface area contributed by atoms with Gasteiger partial charge in [0.05, 0.1) is 10.5 Å². The lowest BCUT2D eigenvalue weighted by atomic mass is 10.3. The van der Waals surface area contributed by atoms with E-state index in [0.29, 0.717) is 11.3 Å². The van der Waals surface area contributed by atoms with E-state index in [1.807, 2.05) is 12.1 Å². The Morgan fingerprint density at radius 1 is 1.29 bits per heavy atom. The highest BCUT2D eigenvalue weighted by Gasteiger charge is 2.07. The molecule has 1 aromatic heterocycles. The molecule has 7 heteroatoms. The average Bonchev–Trinajstić information content (AvgIpc) is 2.75. The zero-order valence-electron chi connectivity index (χ0n) is 10.9.